The van der Waals surface area contributed by atoms with Crippen LogP contribution in [-0.2, 0) is 28.6 Å². The SMILES string of the molecule is COc1cc2c(cc1OC)C(C)(CCCC(CCCNC(=O)CCc1ccc(F)cc1)(c1ccccc1)c1ccccc1)NC(C)C2. The summed E-state index contributed by atoms with van der Waals surface area (Å²) >= 11 is 0. The molecular weight excluding hydrogens is 587 g/mol. The lowest BCUT2D eigenvalue weighted by Crippen LogP contribution is -2.50. The Kier molecular flexibility index (Phi) is 11.4. The van der Waals surface area contributed by atoms with E-state index >= 15 is 0 Å². The number of rotatable bonds is 15. The third-order valence-electron chi connectivity index (χ3n) is 9.88. The molecule has 0 aliphatic carbocycles. The molecule has 0 radical (unpaired) electrons. The van der Waals surface area contributed by atoms with Crippen LogP contribution < -0.4 is 20.1 Å². The van der Waals surface area contributed by atoms with Gasteiger partial charge in [-0.05, 0) is 104 Å². The minimum absolute atomic E-state index is 0.0236. The number of benzene rings is 4. The largest absolute Gasteiger partial charge is 0.493 e. The summed E-state index contributed by atoms with van der Waals surface area (Å²) in [5.74, 6) is 1.30. The fraction of sp³-hybridized carbons (Fsp3) is 0.390. The van der Waals surface area contributed by atoms with Crippen LogP contribution in [0.3, 0.4) is 0 Å². The molecule has 5 nitrogen and oxygen atoms in total. The quantitative estimate of drug-likeness (QED) is 0.129. The lowest BCUT2D eigenvalue weighted by molar-refractivity contribution is -0.121. The first-order valence-corrected chi connectivity index (χ1v) is 16.9. The number of ether oxygens (including phenoxy) is 2. The first-order chi connectivity index (χ1) is 22.8. The van der Waals surface area contributed by atoms with E-state index < -0.39 is 0 Å². The molecule has 6 heteroatoms. The van der Waals surface area contributed by atoms with Gasteiger partial charge in [0.05, 0.1) is 14.2 Å². The molecule has 2 unspecified atom stereocenters. The molecule has 4 aromatic carbocycles. The Hall–Kier alpha value is -4.16. The van der Waals surface area contributed by atoms with Gasteiger partial charge in [0.15, 0.2) is 11.5 Å². The van der Waals surface area contributed by atoms with Gasteiger partial charge in [-0.1, -0.05) is 79.2 Å². The third kappa shape index (κ3) is 8.23. The van der Waals surface area contributed by atoms with Crippen LogP contribution >= 0.6 is 0 Å². The van der Waals surface area contributed by atoms with E-state index in [9.17, 15) is 9.18 Å². The van der Waals surface area contributed by atoms with Gasteiger partial charge in [0.1, 0.15) is 5.82 Å². The van der Waals surface area contributed by atoms with Crippen molar-refractivity contribution in [3.05, 3.63) is 131 Å². The summed E-state index contributed by atoms with van der Waals surface area (Å²) in [4.78, 5) is 12.7. The predicted octanol–water partition coefficient (Wildman–Crippen LogP) is 8.28. The Labute approximate surface area is 279 Å². The molecule has 0 bridgehead atoms. The molecule has 1 aliphatic rings. The van der Waals surface area contributed by atoms with E-state index in [1.807, 2.05) is 0 Å². The molecule has 2 N–H and O–H groups in total. The van der Waals surface area contributed by atoms with Gasteiger partial charge >= 0.3 is 0 Å². The Morgan fingerprint density at radius 1 is 0.894 bits per heavy atom. The van der Waals surface area contributed by atoms with E-state index in [0.29, 0.717) is 25.4 Å². The van der Waals surface area contributed by atoms with E-state index in [-0.39, 0.29) is 22.7 Å². The second kappa shape index (κ2) is 15.6. The van der Waals surface area contributed by atoms with Crippen molar-refractivity contribution in [3.8, 4) is 11.5 Å². The number of fused-ring (bicyclic) bond motifs is 1. The van der Waals surface area contributed by atoms with Crippen molar-refractivity contribution >= 4 is 5.91 Å². The zero-order valence-electron chi connectivity index (χ0n) is 28.3. The highest BCUT2D eigenvalue weighted by atomic mass is 19.1. The van der Waals surface area contributed by atoms with Crippen LogP contribution in [0, 0.1) is 5.82 Å². The summed E-state index contributed by atoms with van der Waals surface area (Å²) in [6.45, 7) is 5.18. The van der Waals surface area contributed by atoms with Crippen LogP contribution in [0.1, 0.15) is 80.2 Å². The summed E-state index contributed by atoms with van der Waals surface area (Å²) in [6.07, 6.45) is 6.60. The summed E-state index contributed by atoms with van der Waals surface area (Å²) < 4.78 is 24.6. The van der Waals surface area contributed by atoms with E-state index in [4.69, 9.17) is 9.47 Å². The molecule has 0 saturated carbocycles. The number of hydrogen-bond donors (Lipinski definition) is 2. The maximum atomic E-state index is 13.3. The smallest absolute Gasteiger partial charge is 0.220 e. The number of aryl methyl sites for hydroxylation is 1. The standard InChI is InChI=1S/C41H49FN2O3/c1-30-27-32-28-37(46-3)38(47-4)29-36(32)40(2,44-30)23-11-24-41(33-13-7-5-8-14-33,34-15-9-6-10-16-34)25-12-26-43-39(45)22-19-31-17-20-35(42)21-18-31/h5-10,13-18,20-21,28-30,44H,11-12,19,22-27H2,1-4H3,(H,43,45). The average Bonchev–Trinajstić information content (AvgIpc) is 3.09. The highest BCUT2D eigenvalue weighted by Gasteiger charge is 2.38. The van der Waals surface area contributed by atoms with Crippen LogP contribution in [0.25, 0.3) is 0 Å². The van der Waals surface area contributed by atoms with Gasteiger partial charge in [-0.15, -0.1) is 0 Å². The molecule has 0 aromatic heterocycles. The number of carbonyl (C=O) groups excluding carboxylic acids is 1. The van der Waals surface area contributed by atoms with Crippen LogP contribution in [0.5, 0.6) is 11.5 Å². The second-order valence-corrected chi connectivity index (χ2v) is 13.2. The molecule has 248 valence electrons. The fourth-order valence-corrected chi connectivity index (χ4v) is 7.56. The van der Waals surface area contributed by atoms with Gasteiger partial charge in [-0.3, -0.25) is 4.79 Å². The van der Waals surface area contributed by atoms with E-state index in [2.05, 4.69) is 97.3 Å². The van der Waals surface area contributed by atoms with Gasteiger partial charge in [0, 0.05) is 30.0 Å². The monoisotopic (exact) mass is 636 g/mol. The molecule has 2 atom stereocenters. The zero-order valence-corrected chi connectivity index (χ0v) is 28.3. The Bertz CT molecular complexity index is 1550. The number of amides is 1. The average molecular weight is 637 g/mol. The minimum atomic E-state index is -0.261. The Balaban J connectivity index is 1.33. The van der Waals surface area contributed by atoms with Crippen LogP contribution in [-0.4, -0.2) is 32.7 Å². The number of carbonyl (C=O) groups is 1. The molecule has 47 heavy (non-hydrogen) atoms. The molecular formula is C41H49FN2O3. The molecule has 4 aromatic rings. The van der Waals surface area contributed by atoms with Crippen LogP contribution in [0.15, 0.2) is 97.1 Å². The van der Waals surface area contributed by atoms with Gasteiger partial charge < -0.3 is 20.1 Å². The molecule has 5 rings (SSSR count). The van der Waals surface area contributed by atoms with Crippen LogP contribution in [0.4, 0.5) is 4.39 Å². The lowest BCUT2D eigenvalue weighted by atomic mass is 9.67. The van der Waals surface area contributed by atoms with Gasteiger partial charge in [-0.25, -0.2) is 4.39 Å². The van der Waals surface area contributed by atoms with Crippen LogP contribution in [0.2, 0.25) is 0 Å². The zero-order chi connectivity index (χ0) is 33.3. The fourth-order valence-electron chi connectivity index (χ4n) is 7.56. The highest BCUT2D eigenvalue weighted by molar-refractivity contribution is 5.76. The molecule has 0 fully saturated rings. The molecule has 0 saturated heterocycles. The number of nitrogens with one attached hydrogen (secondary N) is 2. The van der Waals surface area contributed by atoms with E-state index in [1.165, 1.54) is 34.4 Å². The summed E-state index contributed by atoms with van der Waals surface area (Å²) in [7, 11) is 3.39. The van der Waals surface area contributed by atoms with Gasteiger partial charge in [-0.2, -0.15) is 0 Å². The molecule has 0 spiro atoms. The molecule has 1 amide bonds. The first kappa shape index (κ1) is 34.2. The Morgan fingerprint density at radius 2 is 1.49 bits per heavy atom. The molecule has 1 heterocycles. The van der Waals surface area contributed by atoms with Crippen molar-refractivity contribution in [1.29, 1.82) is 0 Å². The lowest BCUT2D eigenvalue weighted by Gasteiger charge is -2.42. The number of methoxy groups -OCH3 is 2. The van der Waals surface area contributed by atoms with E-state index in [1.54, 1.807) is 26.4 Å². The molecule has 1 aliphatic heterocycles. The predicted molar refractivity (Wildman–Crippen MR) is 188 cm³/mol. The van der Waals surface area contributed by atoms with Gasteiger partial charge in [0.25, 0.3) is 0 Å². The third-order valence-corrected chi connectivity index (χ3v) is 9.88. The number of hydrogen-bond acceptors (Lipinski definition) is 4. The topological polar surface area (TPSA) is 59.6 Å². The highest BCUT2D eigenvalue weighted by Crippen LogP contribution is 2.45. The first-order valence-electron chi connectivity index (χ1n) is 16.9. The normalized spacial score (nSPS) is 17.5. The van der Waals surface area contributed by atoms with Crippen molar-refractivity contribution in [2.45, 2.75) is 82.2 Å². The van der Waals surface area contributed by atoms with Crippen molar-refractivity contribution < 1.29 is 18.7 Å². The maximum absolute atomic E-state index is 13.3. The van der Waals surface area contributed by atoms with E-state index in [0.717, 1.165) is 55.6 Å². The Morgan fingerprint density at radius 3 is 2.11 bits per heavy atom. The van der Waals surface area contributed by atoms with Crippen molar-refractivity contribution in [3.63, 3.8) is 0 Å². The van der Waals surface area contributed by atoms with Crippen molar-refractivity contribution in [2.75, 3.05) is 20.8 Å². The number of halogens is 1. The summed E-state index contributed by atoms with van der Waals surface area (Å²) in [5.41, 5.74) is 5.73. The summed E-state index contributed by atoms with van der Waals surface area (Å²) in [6, 6.07) is 32.7. The second-order valence-electron chi connectivity index (χ2n) is 13.2. The van der Waals surface area contributed by atoms with Crippen molar-refractivity contribution in [1.82, 2.24) is 10.6 Å². The van der Waals surface area contributed by atoms with Crippen molar-refractivity contribution in [2.24, 2.45) is 0 Å². The summed E-state index contributed by atoms with van der Waals surface area (Å²) in [5, 5.41) is 7.08. The maximum Gasteiger partial charge on any atom is 0.220 e. The minimum Gasteiger partial charge on any atom is -0.493 e. The van der Waals surface area contributed by atoms with Gasteiger partial charge in [0.2, 0.25) is 5.91 Å².